The Morgan fingerprint density at radius 3 is 2.78 bits per heavy atom. The second-order valence-corrected chi connectivity index (χ2v) is 6.24. The van der Waals surface area contributed by atoms with Gasteiger partial charge in [0.05, 0.1) is 12.0 Å². The van der Waals surface area contributed by atoms with Crippen LogP contribution in [0.15, 0.2) is 24.3 Å². The van der Waals surface area contributed by atoms with Crippen LogP contribution in [-0.2, 0) is 17.4 Å². The zero-order chi connectivity index (χ0) is 16.9. The van der Waals surface area contributed by atoms with Crippen LogP contribution in [0.1, 0.15) is 30.4 Å². The van der Waals surface area contributed by atoms with E-state index in [-0.39, 0.29) is 17.9 Å². The van der Waals surface area contributed by atoms with Crippen molar-refractivity contribution in [1.29, 1.82) is 0 Å². The number of nitrogens with zero attached hydrogens (tertiary/aromatic N) is 1. The molecule has 1 N–H and O–H groups in total. The van der Waals surface area contributed by atoms with Crippen LogP contribution in [0, 0.1) is 5.92 Å². The van der Waals surface area contributed by atoms with E-state index in [9.17, 15) is 18.0 Å². The molecule has 2 rings (SSSR count). The summed E-state index contributed by atoms with van der Waals surface area (Å²) >= 11 is 0. The Morgan fingerprint density at radius 2 is 2.09 bits per heavy atom. The zero-order valence-electron chi connectivity index (χ0n) is 13.3. The first-order valence-corrected chi connectivity index (χ1v) is 7.96. The average molecular weight is 328 g/mol. The predicted octanol–water partition coefficient (Wildman–Crippen LogP) is 3.10. The van der Waals surface area contributed by atoms with E-state index < -0.39 is 11.7 Å². The summed E-state index contributed by atoms with van der Waals surface area (Å²) in [7, 11) is 2.08. The van der Waals surface area contributed by atoms with Gasteiger partial charge in [-0.1, -0.05) is 18.2 Å². The van der Waals surface area contributed by atoms with Crippen molar-refractivity contribution in [1.82, 2.24) is 10.2 Å². The number of benzene rings is 1. The highest BCUT2D eigenvalue weighted by molar-refractivity contribution is 5.78. The van der Waals surface area contributed by atoms with Gasteiger partial charge in [-0.15, -0.1) is 0 Å². The number of hydrogen-bond donors (Lipinski definition) is 1. The smallest absolute Gasteiger partial charge is 0.356 e. The molecule has 0 saturated carbocycles. The van der Waals surface area contributed by atoms with Crippen molar-refractivity contribution in [3.63, 3.8) is 0 Å². The van der Waals surface area contributed by atoms with E-state index in [1.165, 1.54) is 18.2 Å². The molecule has 1 amide bonds. The first kappa shape index (κ1) is 17.8. The van der Waals surface area contributed by atoms with Gasteiger partial charge in [-0.2, -0.15) is 13.2 Å². The number of halogens is 3. The molecule has 23 heavy (non-hydrogen) atoms. The summed E-state index contributed by atoms with van der Waals surface area (Å²) in [6.07, 6.45) is -1.48. The monoisotopic (exact) mass is 328 g/mol. The lowest BCUT2D eigenvalue weighted by Crippen LogP contribution is -2.35. The van der Waals surface area contributed by atoms with Crippen LogP contribution in [0.25, 0.3) is 0 Å². The molecule has 1 fully saturated rings. The minimum Gasteiger partial charge on any atom is -0.356 e. The predicted molar refractivity (Wildman–Crippen MR) is 83.0 cm³/mol. The first-order valence-electron chi connectivity index (χ1n) is 7.96. The van der Waals surface area contributed by atoms with E-state index in [4.69, 9.17) is 0 Å². The lowest BCUT2D eigenvalue weighted by molar-refractivity contribution is -0.138. The second-order valence-electron chi connectivity index (χ2n) is 6.24. The molecule has 1 atom stereocenters. The molecule has 0 bridgehead atoms. The third-order valence-corrected chi connectivity index (χ3v) is 4.27. The molecule has 0 radical (unpaired) electrons. The molecule has 0 aromatic heterocycles. The topological polar surface area (TPSA) is 32.3 Å². The van der Waals surface area contributed by atoms with Gasteiger partial charge in [-0.05, 0) is 50.4 Å². The molecule has 6 heteroatoms. The molecule has 0 spiro atoms. The van der Waals surface area contributed by atoms with Gasteiger partial charge in [0.15, 0.2) is 0 Å². The van der Waals surface area contributed by atoms with Gasteiger partial charge < -0.3 is 10.2 Å². The highest BCUT2D eigenvalue weighted by Crippen LogP contribution is 2.32. The van der Waals surface area contributed by atoms with E-state index in [1.807, 2.05) is 0 Å². The Hall–Kier alpha value is -1.56. The number of rotatable bonds is 5. The summed E-state index contributed by atoms with van der Waals surface area (Å²) in [5.74, 6) is 0.197. The number of amides is 1. The fourth-order valence-electron chi connectivity index (χ4n) is 3.11. The van der Waals surface area contributed by atoms with Crippen molar-refractivity contribution in [2.24, 2.45) is 5.92 Å². The van der Waals surface area contributed by atoms with Crippen molar-refractivity contribution in [2.45, 2.75) is 31.9 Å². The normalized spacial score (nSPS) is 19.6. The standard InChI is InChI=1S/C17H23F3N2O/c1-22-10-4-5-13(12-22)8-9-21-16(23)11-14-6-2-3-7-15(14)17(18,19)20/h2-3,6-7,13H,4-5,8-12H2,1H3,(H,21,23)/t13-/m1/s1. The van der Waals surface area contributed by atoms with Gasteiger partial charge in [0.2, 0.25) is 5.91 Å². The van der Waals surface area contributed by atoms with Crippen molar-refractivity contribution < 1.29 is 18.0 Å². The zero-order valence-corrected chi connectivity index (χ0v) is 13.3. The van der Waals surface area contributed by atoms with E-state index in [2.05, 4.69) is 17.3 Å². The van der Waals surface area contributed by atoms with Gasteiger partial charge in [-0.25, -0.2) is 0 Å². The minimum absolute atomic E-state index is 0.0231. The lowest BCUT2D eigenvalue weighted by Gasteiger charge is -2.29. The Balaban J connectivity index is 1.81. The summed E-state index contributed by atoms with van der Waals surface area (Å²) in [5, 5.41) is 2.75. The van der Waals surface area contributed by atoms with Gasteiger partial charge in [0, 0.05) is 13.1 Å². The third kappa shape index (κ3) is 5.53. The van der Waals surface area contributed by atoms with Gasteiger partial charge in [0.25, 0.3) is 0 Å². The SMILES string of the molecule is CN1CCC[C@H](CCNC(=O)Cc2ccccc2C(F)(F)F)C1. The van der Waals surface area contributed by atoms with E-state index in [0.717, 1.165) is 38.4 Å². The molecule has 1 aromatic rings. The summed E-state index contributed by atoms with van der Waals surface area (Å²) in [5.41, 5.74) is -0.709. The van der Waals surface area contributed by atoms with E-state index in [0.29, 0.717) is 12.5 Å². The molecule has 1 aliphatic heterocycles. The Bertz CT molecular complexity index is 531. The summed E-state index contributed by atoms with van der Waals surface area (Å²) in [6, 6.07) is 5.23. The maximum Gasteiger partial charge on any atom is 0.416 e. The molecule has 3 nitrogen and oxygen atoms in total. The lowest BCUT2D eigenvalue weighted by atomic mass is 9.95. The van der Waals surface area contributed by atoms with Crippen LogP contribution >= 0.6 is 0 Å². The molecule has 1 heterocycles. The van der Waals surface area contributed by atoms with Crippen LogP contribution in [-0.4, -0.2) is 37.5 Å². The molecule has 128 valence electrons. The van der Waals surface area contributed by atoms with Crippen LogP contribution in [0.3, 0.4) is 0 Å². The molecule has 1 saturated heterocycles. The Kier molecular flexibility index (Phi) is 6.04. The quantitative estimate of drug-likeness (QED) is 0.901. The van der Waals surface area contributed by atoms with Gasteiger partial charge >= 0.3 is 6.18 Å². The number of nitrogens with one attached hydrogen (secondary N) is 1. The van der Waals surface area contributed by atoms with Crippen LogP contribution in [0.4, 0.5) is 13.2 Å². The number of hydrogen-bond acceptors (Lipinski definition) is 2. The number of likely N-dealkylation sites (tertiary alicyclic amines) is 1. The van der Waals surface area contributed by atoms with E-state index >= 15 is 0 Å². The molecular formula is C17H23F3N2O. The van der Waals surface area contributed by atoms with Crippen LogP contribution < -0.4 is 5.32 Å². The third-order valence-electron chi connectivity index (χ3n) is 4.27. The first-order chi connectivity index (χ1) is 10.9. The van der Waals surface area contributed by atoms with Crippen molar-refractivity contribution >= 4 is 5.91 Å². The fraction of sp³-hybridized carbons (Fsp3) is 0.588. The maximum atomic E-state index is 12.9. The molecule has 1 aliphatic rings. The summed E-state index contributed by atoms with van der Waals surface area (Å²) < 4.78 is 38.7. The summed E-state index contributed by atoms with van der Waals surface area (Å²) in [6.45, 7) is 2.65. The Morgan fingerprint density at radius 1 is 1.35 bits per heavy atom. The second kappa shape index (κ2) is 7.81. The molecular weight excluding hydrogens is 305 g/mol. The highest BCUT2D eigenvalue weighted by Gasteiger charge is 2.33. The van der Waals surface area contributed by atoms with E-state index in [1.54, 1.807) is 0 Å². The number of piperidine rings is 1. The van der Waals surface area contributed by atoms with Gasteiger partial charge in [-0.3, -0.25) is 4.79 Å². The van der Waals surface area contributed by atoms with Crippen molar-refractivity contribution in [3.8, 4) is 0 Å². The average Bonchev–Trinajstić information content (AvgIpc) is 2.47. The minimum atomic E-state index is -4.43. The number of carbonyl (C=O) groups is 1. The van der Waals surface area contributed by atoms with Crippen LogP contribution in [0.2, 0.25) is 0 Å². The fourth-order valence-corrected chi connectivity index (χ4v) is 3.11. The molecule has 0 aliphatic carbocycles. The summed E-state index contributed by atoms with van der Waals surface area (Å²) in [4.78, 5) is 14.2. The Labute approximate surface area is 134 Å². The number of alkyl halides is 3. The molecule has 0 unspecified atom stereocenters. The highest BCUT2D eigenvalue weighted by atomic mass is 19.4. The largest absolute Gasteiger partial charge is 0.416 e. The molecule has 1 aromatic carbocycles. The van der Waals surface area contributed by atoms with Gasteiger partial charge in [0.1, 0.15) is 0 Å². The van der Waals surface area contributed by atoms with Crippen LogP contribution in [0.5, 0.6) is 0 Å². The van der Waals surface area contributed by atoms with Crippen molar-refractivity contribution in [2.75, 3.05) is 26.7 Å². The number of carbonyl (C=O) groups excluding carboxylic acids is 1. The van der Waals surface area contributed by atoms with Crippen molar-refractivity contribution in [3.05, 3.63) is 35.4 Å². The maximum absolute atomic E-state index is 12.9.